The van der Waals surface area contributed by atoms with Crippen LogP contribution in [0.2, 0.25) is 0 Å². The number of hydrogen-bond acceptors (Lipinski definition) is 10. The molecule has 44 heavy (non-hydrogen) atoms. The van der Waals surface area contributed by atoms with Gasteiger partial charge in [0.1, 0.15) is 35.4 Å². The molecule has 2 aliphatic carbocycles. The van der Waals surface area contributed by atoms with Crippen molar-refractivity contribution in [3.8, 4) is 11.5 Å². The molecule has 0 amide bonds. The molecule has 0 bridgehead atoms. The first-order valence-electron chi connectivity index (χ1n) is 16.0. The number of ether oxygens (including phenoxy) is 6. The summed E-state index contributed by atoms with van der Waals surface area (Å²) in [4.78, 5) is 9.30. The molecule has 4 heterocycles. The van der Waals surface area contributed by atoms with Crippen molar-refractivity contribution in [1.82, 2.24) is 19.9 Å². The van der Waals surface area contributed by atoms with Gasteiger partial charge in [0.2, 0.25) is 0 Å². The average molecular weight is 608 g/mol. The van der Waals surface area contributed by atoms with Crippen molar-refractivity contribution < 1.29 is 28.4 Å². The lowest BCUT2D eigenvalue weighted by Gasteiger charge is -2.39. The number of benzene rings is 1. The molecule has 4 fully saturated rings. The second-order valence-electron chi connectivity index (χ2n) is 13.1. The van der Waals surface area contributed by atoms with Gasteiger partial charge in [0.15, 0.2) is 18.4 Å². The molecule has 1 aromatic carbocycles. The highest BCUT2D eigenvalue weighted by Gasteiger charge is 2.54. The Balaban J connectivity index is 1.01. The predicted molar refractivity (Wildman–Crippen MR) is 165 cm³/mol. The highest BCUT2D eigenvalue weighted by molar-refractivity contribution is 5.87. The molecule has 0 unspecified atom stereocenters. The summed E-state index contributed by atoms with van der Waals surface area (Å²) in [5, 5.41) is 8.33. The lowest BCUT2D eigenvalue weighted by atomic mass is 9.77. The number of rotatable bonds is 12. The molecule has 2 aliphatic heterocycles. The average Bonchev–Trinajstić information content (AvgIpc) is 3.64. The van der Waals surface area contributed by atoms with Crippen LogP contribution in [0, 0.1) is 11.8 Å². The number of hydrogen-bond donors (Lipinski definition) is 2. The summed E-state index contributed by atoms with van der Waals surface area (Å²) in [6.07, 6.45) is 9.28. The van der Waals surface area contributed by atoms with Crippen molar-refractivity contribution in [3.63, 3.8) is 0 Å². The van der Waals surface area contributed by atoms with Crippen molar-refractivity contribution in [2.75, 3.05) is 26.1 Å². The Hall–Kier alpha value is -2.96. The van der Waals surface area contributed by atoms with Gasteiger partial charge in [0.25, 0.3) is 0 Å². The van der Waals surface area contributed by atoms with Gasteiger partial charge in [0.05, 0.1) is 31.8 Å². The Bertz CT molecular complexity index is 1450. The van der Waals surface area contributed by atoms with Crippen LogP contribution in [0.1, 0.15) is 64.5 Å². The molecule has 11 heteroatoms. The molecule has 4 aliphatic rings. The molecule has 0 radical (unpaired) electrons. The van der Waals surface area contributed by atoms with E-state index in [9.17, 15) is 0 Å². The zero-order valence-corrected chi connectivity index (χ0v) is 26.3. The standard InChI is InChI=1S/C33H45N5O6/c1-19-41-28(42-19)9-6-20-12-23(13-20)34-17-22-14-26(30-29(22)43-33(2,3)44-30)38-11-10-25-31(36-18-37-32(25)38)35-16-21-7-8-24(39-4)15-27(21)40-5/h7-8,10-11,15,18-20,22-23,26,28-30,34H,6,9,12-14,16-17H2,1-5H3,(H,35,36,37)/t19?,20?,22-,23?,26-,28?,29-,30+/m1/s1. The third kappa shape index (κ3) is 5.88. The van der Waals surface area contributed by atoms with Gasteiger partial charge in [0, 0.05) is 42.9 Å². The summed E-state index contributed by atoms with van der Waals surface area (Å²) >= 11 is 0. The molecule has 2 aromatic heterocycles. The van der Waals surface area contributed by atoms with Gasteiger partial charge in [-0.1, -0.05) is 0 Å². The zero-order valence-electron chi connectivity index (χ0n) is 26.3. The Labute approximate surface area is 258 Å². The van der Waals surface area contributed by atoms with Gasteiger partial charge in [-0.3, -0.25) is 0 Å². The normalized spacial score (nSPS) is 32.2. The topological polar surface area (TPSA) is 110 Å². The van der Waals surface area contributed by atoms with Gasteiger partial charge in [-0.05, 0) is 77.0 Å². The van der Waals surface area contributed by atoms with E-state index < -0.39 is 5.79 Å². The Morgan fingerprint density at radius 1 is 1.00 bits per heavy atom. The molecule has 3 aromatic rings. The molecule has 7 rings (SSSR count). The maximum absolute atomic E-state index is 6.53. The zero-order chi connectivity index (χ0) is 30.4. The van der Waals surface area contributed by atoms with Crippen molar-refractivity contribution in [2.24, 2.45) is 11.8 Å². The predicted octanol–water partition coefficient (Wildman–Crippen LogP) is 5.01. The van der Waals surface area contributed by atoms with Crippen molar-refractivity contribution in [1.29, 1.82) is 0 Å². The Morgan fingerprint density at radius 2 is 1.82 bits per heavy atom. The second-order valence-corrected chi connectivity index (χ2v) is 13.1. The van der Waals surface area contributed by atoms with E-state index >= 15 is 0 Å². The van der Waals surface area contributed by atoms with Gasteiger partial charge < -0.3 is 43.6 Å². The van der Waals surface area contributed by atoms with Gasteiger partial charge in [-0.25, -0.2) is 9.97 Å². The van der Waals surface area contributed by atoms with E-state index in [1.807, 2.05) is 39.0 Å². The van der Waals surface area contributed by atoms with E-state index in [1.54, 1.807) is 20.5 Å². The SMILES string of the molecule is COc1ccc(CNc2ncnc3c2ccn3[C@@H]2C[C@H](CNC3CC(CCC4OC(C)O4)C3)[C@H]3OC(C)(C)O[C@H]32)c(OC)c1. The minimum atomic E-state index is -0.612. The third-order valence-electron chi connectivity index (χ3n) is 9.76. The van der Waals surface area contributed by atoms with Crippen LogP contribution in [-0.4, -0.2) is 71.9 Å². The monoisotopic (exact) mass is 607 g/mol. The molecule has 11 nitrogen and oxygen atoms in total. The van der Waals surface area contributed by atoms with Crippen LogP contribution in [0.3, 0.4) is 0 Å². The van der Waals surface area contributed by atoms with Crippen LogP contribution in [-0.2, 0) is 25.5 Å². The van der Waals surface area contributed by atoms with Crippen LogP contribution < -0.4 is 20.1 Å². The van der Waals surface area contributed by atoms with E-state index in [4.69, 9.17) is 33.4 Å². The molecular weight excluding hydrogens is 562 g/mol. The van der Waals surface area contributed by atoms with E-state index in [-0.39, 0.29) is 30.8 Å². The second kappa shape index (κ2) is 12.1. The smallest absolute Gasteiger partial charge is 0.163 e. The maximum atomic E-state index is 6.53. The molecular formula is C33H45N5O6. The summed E-state index contributed by atoms with van der Waals surface area (Å²) in [6, 6.07) is 8.61. The Kier molecular flexibility index (Phi) is 8.17. The number of aromatic nitrogens is 3. The van der Waals surface area contributed by atoms with E-state index in [0.29, 0.717) is 18.5 Å². The highest BCUT2D eigenvalue weighted by atomic mass is 16.9. The minimum Gasteiger partial charge on any atom is -0.497 e. The fourth-order valence-corrected chi connectivity index (χ4v) is 7.49. The molecule has 2 saturated heterocycles. The van der Waals surface area contributed by atoms with Crippen molar-refractivity contribution in [3.05, 3.63) is 42.4 Å². The van der Waals surface area contributed by atoms with Gasteiger partial charge >= 0.3 is 0 Å². The Morgan fingerprint density at radius 3 is 2.59 bits per heavy atom. The lowest BCUT2D eigenvalue weighted by molar-refractivity contribution is -0.378. The third-order valence-corrected chi connectivity index (χ3v) is 9.76. The largest absolute Gasteiger partial charge is 0.497 e. The molecule has 0 spiro atoms. The molecule has 2 saturated carbocycles. The fourth-order valence-electron chi connectivity index (χ4n) is 7.49. The first-order chi connectivity index (χ1) is 21.3. The quantitative estimate of drug-likeness (QED) is 0.292. The first-order valence-corrected chi connectivity index (χ1v) is 16.0. The summed E-state index contributed by atoms with van der Waals surface area (Å²) in [5.74, 6) is 2.80. The summed E-state index contributed by atoms with van der Waals surface area (Å²) < 4.78 is 37.4. The summed E-state index contributed by atoms with van der Waals surface area (Å²) in [7, 11) is 3.32. The number of methoxy groups -OCH3 is 2. The molecule has 4 atom stereocenters. The van der Waals surface area contributed by atoms with Crippen LogP contribution in [0.4, 0.5) is 5.82 Å². The summed E-state index contributed by atoms with van der Waals surface area (Å²) in [6.45, 7) is 7.46. The maximum Gasteiger partial charge on any atom is 0.163 e. The fraction of sp³-hybridized carbons (Fsp3) is 0.636. The number of fused-ring (bicyclic) bond motifs is 2. The van der Waals surface area contributed by atoms with Crippen LogP contribution >= 0.6 is 0 Å². The van der Waals surface area contributed by atoms with Crippen molar-refractivity contribution in [2.45, 2.75) is 102 Å². The molecule has 2 N–H and O–H groups in total. The first kappa shape index (κ1) is 29.7. The lowest BCUT2D eigenvalue weighted by Crippen LogP contribution is -2.45. The van der Waals surface area contributed by atoms with Crippen LogP contribution in [0.5, 0.6) is 11.5 Å². The van der Waals surface area contributed by atoms with E-state index in [1.165, 1.54) is 19.3 Å². The van der Waals surface area contributed by atoms with Crippen LogP contribution in [0.15, 0.2) is 36.8 Å². The van der Waals surface area contributed by atoms with Gasteiger partial charge in [-0.2, -0.15) is 0 Å². The van der Waals surface area contributed by atoms with Crippen LogP contribution in [0.25, 0.3) is 11.0 Å². The summed E-state index contributed by atoms with van der Waals surface area (Å²) in [5.41, 5.74) is 1.91. The highest BCUT2D eigenvalue weighted by Crippen LogP contribution is 2.48. The minimum absolute atomic E-state index is 0.00568. The molecule has 238 valence electrons. The van der Waals surface area contributed by atoms with E-state index in [0.717, 1.165) is 59.2 Å². The number of nitrogens with zero attached hydrogens (tertiary/aromatic N) is 3. The van der Waals surface area contributed by atoms with E-state index in [2.05, 4.69) is 32.4 Å². The number of nitrogens with one attached hydrogen (secondary N) is 2. The number of anilines is 1. The van der Waals surface area contributed by atoms with Crippen molar-refractivity contribution >= 4 is 16.9 Å². The van der Waals surface area contributed by atoms with Gasteiger partial charge in [-0.15, -0.1) is 0 Å².